The maximum Gasteiger partial charge on any atom is 0.311 e. The molecule has 82 valence electrons. The highest BCUT2D eigenvalue weighted by Gasteiger charge is 2.39. The largest absolute Gasteiger partial charge is 0.466 e. The molecule has 0 saturated heterocycles. The SMILES string of the molecule is CCOC(=O)C(C)C(C)(O)C[N+](=O)[O-]. The lowest BCUT2D eigenvalue weighted by molar-refractivity contribution is -0.501. The summed E-state index contributed by atoms with van der Waals surface area (Å²) in [7, 11) is 0. The minimum atomic E-state index is -1.67. The molecule has 0 aromatic rings. The standard InChI is InChI=1S/C8H15NO5/c1-4-14-7(10)6(2)8(3,11)5-9(12)13/h6,11H,4-5H2,1-3H3. The van der Waals surface area contributed by atoms with Gasteiger partial charge in [0, 0.05) is 4.92 Å². The van der Waals surface area contributed by atoms with Crippen LogP contribution in [0.2, 0.25) is 0 Å². The molecule has 2 atom stereocenters. The first-order chi connectivity index (χ1) is 6.31. The van der Waals surface area contributed by atoms with Gasteiger partial charge in [0.2, 0.25) is 6.54 Å². The van der Waals surface area contributed by atoms with E-state index < -0.39 is 29.0 Å². The monoisotopic (exact) mass is 205 g/mol. The van der Waals surface area contributed by atoms with Crippen LogP contribution in [0.15, 0.2) is 0 Å². The summed E-state index contributed by atoms with van der Waals surface area (Å²) < 4.78 is 4.65. The molecule has 0 rings (SSSR count). The Labute approximate surface area is 82.0 Å². The van der Waals surface area contributed by atoms with E-state index >= 15 is 0 Å². The van der Waals surface area contributed by atoms with Crippen molar-refractivity contribution in [1.29, 1.82) is 0 Å². The number of hydrogen-bond acceptors (Lipinski definition) is 5. The van der Waals surface area contributed by atoms with Crippen LogP contribution in [-0.2, 0) is 9.53 Å². The van der Waals surface area contributed by atoms with Crippen molar-refractivity contribution in [3.05, 3.63) is 10.1 Å². The molecule has 0 heterocycles. The van der Waals surface area contributed by atoms with Gasteiger partial charge in [-0.1, -0.05) is 0 Å². The summed E-state index contributed by atoms with van der Waals surface area (Å²) >= 11 is 0. The third-order valence-electron chi connectivity index (χ3n) is 2.02. The molecule has 0 bridgehead atoms. The Bertz CT molecular complexity index is 226. The van der Waals surface area contributed by atoms with Crippen molar-refractivity contribution in [3.8, 4) is 0 Å². The van der Waals surface area contributed by atoms with Crippen molar-refractivity contribution in [2.45, 2.75) is 26.4 Å². The van der Waals surface area contributed by atoms with Gasteiger partial charge in [-0.3, -0.25) is 14.9 Å². The van der Waals surface area contributed by atoms with Crippen molar-refractivity contribution in [2.75, 3.05) is 13.2 Å². The van der Waals surface area contributed by atoms with E-state index in [1.54, 1.807) is 6.92 Å². The number of esters is 1. The van der Waals surface area contributed by atoms with Crippen molar-refractivity contribution >= 4 is 5.97 Å². The summed E-state index contributed by atoms with van der Waals surface area (Å²) in [4.78, 5) is 20.7. The average molecular weight is 205 g/mol. The summed E-state index contributed by atoms with van der Waals surface area (Å²) in [6, 6.07) is 0. The van der Waals surface area contributed by atoms with Gasteiger partial charge in [0.15, 0.2) is 0 Å². The molecule has 6 heteroatoms. The molecule has 0 amide bonds. The predicted octanol–water partition coefficient (Wildman–Crippen LogP) is 0.213. The number of rotatable bonds is 5. The lowest BCUT2D eigenvalue weighted by Crippen LogP contribution is -2.44. The lowest BCUT2D eigenvalue weighted by atomic mass is 9.91. The highest BCUT2D eigenvalue weighted by atomic mass is 16.6. The first kappa shape index (κ1) is 12.8. The maximum atomic E-state index is 11.2. The fourth-order valence-corrected chi connectivity index (χ4v) is 0.919. The number of nitro groups is 1. The van der Waals surface area contributed by atoms with E-state index in [-0.39, 0.29) is 6.61 Å². The molecule has 0 aliphatic heterocycles. The lowest BCUT2D eigenvalue weighted by Gasteiger charge is -2.24. The summed E-state index contributed by atoms with van der Waals surface area (Å²) in [5.74, 6) is -1.53. The number of carbonyl (C=O) groups is 1. The minimum absolute atomic E-state index is 0.192. The average Bonchev–Trinajstić information content (AvgIpc) is 2.01. The van der Waals surface area contributed by atoms with Crippen LogP contribution in [0.4, 0.5) is 0 Å². The van der Waals surface area contributed by atoms with Crippen LogP contribution in [0.5, 0.6) is 0 Å². The number of hydrogen-bond donors (Lipinski definition) is 1. The normalized spacial score (nSPS) is 16.9. The fourth-order valence-electron chi connectivity index (χ4n) is 0.919. The second-order valence-electron chi connectivity index (χ2n) is 3.32. The molecule has 0 aliphatic carbocycles. The third-order valence-corrected chi connectivity index (χ3v) is 2.02. The van der Waals surface area contributed by atoms with E-state index in [9.17, 15) is 20.0 Å². The molecule has 0 saturated carbocycles. The van der Waals surface area contributed by atoms with E-state index in [1.807, 2.05) is 0 Å². The molecule has 0 spiro atoms. The molecule has 0 aliphatic rings. The first-order valence-electron chi connectivity index (χ1n) is 4.32. The van der Waals surface area contributed by atoms with Gasteiger partial charge in [0.05, 0.1) is 12.5 Å². The van der Waals surface area contributed by atoms with Gasteiger partial charge in [-0.25, -0.2) is 0 Å². The van der Waals surface area contributed by atoms with Crippen LogP contribution in [0.1, 0.15) is 20.8 Å². The van der Waals surface area contributed by atoms with E-state index in [4.69, 9.17) is 0 Å². The van der Waals surface area contributed by atoms with Crippen molar-refractivity contribution < 1.29 is 19.6 Å². The van der Waals surface area contributed by atoms with Crippen LogP contribution in [0.25, 0.3) is 0 Å². The maximum absolute atomic E-state index is 11.2. The van der Waals surface area contributed by atoms with Gasteiger partial charge >= 0.3 is 5.97 Å². The fraction of sp³-hybridized carbons (Fsp3) is 0.875. The Kier molecular flexibility index (Phi) is 4.49. The van der Waals surface area contributed by atoms with Gasteiger partial charge < -0.3 is 9.84 Å². The Hall–Kier alpha value is -1.17. The second kappa shape index (κ2) is 4.90. The van der Waals surface area contributed by atoms with Gasteiger partial charge in [-0.05, 0) is 20.8 Å². The first-order valence-corrected chi connectivity index (χ1v) is 4.32. The Balaban J connectivity index is 4.40. The van der Waals surface area contributed by atoms with Crippen LogP contribution < -0.4 is 0 Å². The summed E-state index contributed by atoms with van der Waals surface area (Å²) in [6.45, 7) is 3.80. The highest BCUT2D eigenvalue weighted by molar-refractivity contribution is 5.73. The van der Waals surface area contributed by atoms with Gasteiger partial charge in [-0.15, -0.1) is 0 Å². The number of ether oxygens (including phenoxy) is 1. The number of aliphatic hydroxyl groups is 1. The third kappa shape index (κ3) is 3.69. The highest BCUT2D eigenvalue weighted by Crippen LogP contribution is 2.18. The molecule has 6 nitrogen and oxygen atoms in total. The van der Waals surface area contributed by atoms with E-state index in [0.29, 0.717) is 0 Å². The zero-order valence-corrected chi connectivity index (χ0v) is 8.52. The Morgan fingerprint density at radius 1 is 1.71 bits per heavy atom. The predicted molar refractivity (Wildman–Crippen MR) is 48.3 cm³/mol. The van der Waals surface area contributed by atoms with Gasteiger partial charge in [-0.2, -0.15) is 0 Å². The molecule has 14 heavy (non-hydrogen) atoms. The van der Waals surface area contributed by atoms with Crippen molar-refractivity contribution in [1.82, 2.24) is 0 Å². The minimum Gasteiger partial charge on any atom is -0.466 e. The number of nitrogens with zero attached hydrogens (tertiary/aromatic N) is 1. The van der Waals surface area contributed by atoms with Gasteiger partial charge in [0.25, 0.3) is 0 Å². The molecule has 0 aromatic carbocycles. The molecule has 0 fully saturated rings. The summed E-state index contributed by atoms with van der Waals surface area (Å²) in [5.41, 5.74) is -1.67. The van der Waals surface area contributed by atoms with E-state index in [0.717, 1.165) is 0 Å². The topological polar surface area (TPSA) is 89.7 Å². The van der Waals surface area contributed by atoms with Crippen LogP contribution in [0.3, 0.4) is 0 Å². The van der Waals surface area contributed by atoms with Crippen LogP contribution >= 0.6 is 0 Å². The van der Waals surface area contributed by atoms with Crippen LogP contribution in [0, 0.1) is 16.0 Å². The van der Waals surface area contributed by atoms with Gasteiger partial charge in [0.1, 0.15) is 5.60 Å². The smallest absolute Gasteiger partial charge is 0.311 e. The van der Waals surface area contributed by atoms with E-state index in [2.05, 4.69) is 4.74 Å². The van der Waals surface area contributed by atoms with Crippen LogP contribution in [-0.4, -0.2) is 34.8 Å². The molecule has 1 N–H and O–H groups in total. The number of carbonyl (C=O) groups excluding carboxylic acids is 1. The summed E-state index contributed by atoms with van der Waals surface area (Å²) in [5, 5.41) is 19.8. The molecule has 0 aromatic heterocycles. The molecular weight excluding hydrogens is 190 g/mol. The Morgan fingerprint density at radius 3 is 2.57 bits per heavy atom. The second-order valence-corrected chi connectivity index (χ2v) is 3.32. The molecular formula is C8H15NO5. The quantitative estimate of drug-likeness (QED) is 0.393. The molecule has 2 unspecified atom stereocenters. The molecule has 0 radical (unpaired) electrons. The Morgan fingerprint density at radius 2 is 2.21 bits per heavy atom. The zero-order chi connectivity index (χ0) is 11.4. The van der Waals surface area contributed by atoms with Crippen molar-refractivity contribution in [3.63, 3.8) is 0 Å². The zero-order valence-electron chi connectivity index (χ0n) is 8.52. The van der Waals surface area contributed by atoms with Crippen molar-refractivity contribution in [2.24, 2.45) is 5.92 Å². The van der Waals surface area contributed by atoms with E-state index in [1.165, 1.54) is 13.8 Å². The summed E-state index contributed by atoms with van der Waals surface area (Å²) in [6.07, 6.45) is 0.